The molecule has 0 aromatic heterocycles. The topological polar surface area (TPSA) is 85.6 Å². The number of hydrogen-bond donors (Lipinski definition) is 1. The van der Waals surface area contributed by atoms with E-state index in [1.54, 1.807) is 0 Å². The van der Waals surface area contributed by atoms with Gasteiger partial charge in [-0.25, -0.2) is 0 Å². The van der Waals surface area contributed by atoms with Crippen molar-refractivity contribution in [1.29, 1.82) is 0 Å². The first-order valence-corrected chi connectivity index (χ1v) is 3.81. The van der Waals surface area contributed by atoms with Crippen LogP contribution in [0.15, 0.2) is 0 Å². The van der Waals surface area contributed by atoms with Gasteiger partial charge in [-0.2, -0.15) is 0 Å². The van der Waals surface area contributed by atoms with Crippen LogP contribution in [-0.2, 0) is 0 Å². The van der Waals surface area contributed by atoms with E-state index in [-0.39, 0.29) is 69.9 Å². The van der Waals surface area contributed by atoms with Gasteiger partial charge in [0.05, 0.1) is 0 Å². The zero-order chi connectivity index (χ0) is 4.71. The molecular weight excluding hydrogens is 170 g/mol. The van der Waals surface area contributed by atoms with Crippen molar-refractivity contribution >= 4 is 84.5 Å². The molecule has 0 saturated carbocycles. The molecule has 0 heterocycles. The summed E-state index contributed by atoms with van der Waals surface area (Å²) in [6.07, 6.45) is 0. The van der Waals surface area contributed by atoms with Crippen LogP contribution in [0.25, 0.3) is 0 Å². The van der Waals surface area contributed by atoms with E-state index in [1.165, 1.54) is 0 Å². The van der Waals surface area contributed by atoms with Gasteiger partial charge in [-0.05, 0) is 0 Å². The van der Waals surface area contributed by atoms with Crippen molar-refractivity contribution < 1.29 is 10.8 Å². The molecule has 8 heteroatoms. The van der Waals surface area contributed by atoms with E-state index in [1.807, 2.05) is 0 Å². The van der Waals surface area contributed by atoms with Crippen LogP contribution in [0.3, 0.4) is 0 Å². The Balaban J connectivity index is -0.00000000567. The van der Waals surface area contributed by atoms with E-state index in [4.69, 9.17) is 20.2 Å². The first-order chi connectivity index (χ1) is 2.41. The Morgan fingerprint density at radius 3 is 1.38 bits per heavy atom. The van der Waals surface area contributed by atoms with Gasteiger partial charge < -0.3 is 5.48 Å². The zero-order valence-corrected chi connectivity index (χ0v) is 5.95. The average molecular weight is 177 g/mol. The predicted molar refractivity (Wildman–Crippen MR) is 40.0 cm³/mol. The fraction of sp³-hybridized carbons (Fsp3) is 0. The third-order valence-electron chi connectivity index (χ3n) is 0. The summed E-state index contributed by atoms with van der Waals surface area (Å²) in [7, 11) is 4.78. The molecule has 0 radical (unpaired) electrons. The summed E-state index contributed by atoms with van der Waals surface area (Å²) < 4.78 is 0. The average Bonchev–Trinajstić information content (AvgIpc) is 1.46. The van der Waals surface area contributed by atoms with Crippen LogP contribution in [0.4, 0.5) is 0 Å². The molecule has 0 spiro atoms. The molecule has 0 fully saturated rings. The van der Waals surface area contributed by atoms with Crippen LogP contribution in [-0.4, -0.2) is 80.0 Å². The molecule has 0 aliphatic heterocycles. The third-order valence-corrected chi connectivity index (χ3v) is 0. The van der Waals surface area contributed by atoms with Crippen LogP contribution < -0.4 is 5.34 Å². The normalized spacial score (nSPS) is 2.12. The Morgan fingerprint density at radius 2 is 1.38 bits per heavy atom. The number of nitrogens with one attached hydrogen (secondary N) is 1. The van der Waals surface area contributed by atoms with E-state index >= 15 is 0 Å². The minimum absolute atomic E-state index is 0. The molecule has 0 aliphatic carbocycles. The van der Waals surface area contributed by atoms with Crippen molar-refractivity contribution in [3.05, 3.63) is 10.1 Å². The Bertz CT molecular complexity index is 24.8. The van der Waals surface area contributed by atoms with Crippen molar-refractivity contribution in [2.75, 3.05) is 0 Å². The molecule has 0 atom stereocenters. The summed E-state index contributed by atoms with van der Waals surface area (Å²) in [5, 5.41) is 8.38. The van der Waals surface area contributed by atoms with Gasteiger partial charge in [0.25, 0.3) is 0 Å². The summed E-state index contributed by atoms with van der Waals surface area (Å²) in [6.45, 7) is 0. The second kappa shape index (κ2) is 60.7. The van der Waals surface area contributed by atoms with Crippen LogP contribution in [0.5, 0.6) is 0 Å². The molecule has 0 aromatic rings. The molecule has 42 valence electrons. The Kier molecular flexibility index (Phi) is 243. The number of halogens is 1. The van der Waals surface area contributed by atoms with Gasteiger partial charge in [-0.15, -0.1) is 0 Å². The Labute approximate surface area is 104 Å². The predicted octanol–water partition coefficient (Wildman–Crippen LogP) is -4.02. The molecule has 8 heavy (non-hydrogen) atoms. The first kappa shape index (κ1) is 32.0. The van der Waals surface area contributed by atoms with Crippen LogP contribution >= 0.6 is 10.0 Å². The van der Waals surface area contributed by atoms with Crippen LogP contribution in [0, 0.1) is 10.1 Å². The molecule has 0 unspecified atom stereocenters. The fourth-order valence-corrected chi connectivity index (χ4v) is 0. The molecule has 0 rings (SSSR count). The number of rotatable bonds is 0. The van der Waals surface area contributed by atoms with Gasteiger partial charge in [-0.3, -0.25) is 20.2 Å². The van der Waals surface area contributed by atoms with Gasteiger partial charge in [0, 0.05) is 5.34 Å². The molecule has 0 amide bonds. The molecule has 0 aliphatic rings. The van der Waals surface area contributed by atoms with Crippen LogP contribution in [0.2, 0.25) is 0 Å². The molecule has 0 aromatic carbocycles. The monoisotopic (exact) mass is 177 g/mol. The van der Waals surface area contributed by atoms with Gasteiger partial charge in [0.15, 0.2) is 0 Å². The van der Waals surface area contributed by atoms with E-state index in [2.05, 4.69) is 0 Å². The SMILES string of the molecule is O.O=[NH+][O-].[AlH2][Cl].[NaH].[NaH]. The molecule has 0 bridgehead atoms. The van der Waals surface area contributed by atoms with Crippen molar-refractivity contribution in [3.63, 3.8) is 0 Å². The van der Waals surface area contributed by atoms with Gasteiger partial charge in [0.2, 0.25) is 0 Å². The van der Waals surface area contributed by atoms with Crippen molar-refractivity contribution in [3.8, 4) is 0 Å². The van der Waals surface area contributed by atoms with Gasteiger partial charge in [0.1, 0.15) is 0 Å². The van der Waals surface area contributed by atoms with Gasteiger partial charge >= 0.3 is 74.5 Å². The third kappa shape index (κ3) is 88.6. The summed E-state index contributed by atoms with van der Waals surface area (Å²) in [6, 6.07) is 0. The Hall–Kier alpha value is 2.18. The second-order valence-electron chi connectivity index (χ2n) is 0.0833. The summed E-state index contributed by atoms with van der Waals surface area (Å²) in [5.74, 6) is 0. The maximum absolute atomic E-state index is 8.12. The first-order valence-electron chi connectivity index (χ1n) is 0.786. The quantitative estimate of drug-likeness (QED) is 0.232. The number of hydrogen-bond acceptors (Lipinski definition) is 2. The Morgan fingerprint density at radius 1 is 1.38 bits per heavy atom. The molecule has 3 N–H and O–H groups in total. The molecular formula is H7AlClNNa2O3. The molecule has 4 nitrogen and oxygen atoms in total. The molecule has 0 saturated heterocycles. The van der Waals surface area contributed by atoms with E-state index in [0.29, 0.717) is 0 Å². The van der Waals surface area contributed by atoms with Gasteiger partial charge in [-0.1, -0.05) is 0 Å². The maximum atomic E-state index is 8.12. The van der Waals surface area contributed by atoms with Crippen molar-refractivity contribution in [1.82, 2.24) is 0 Å². The second-order valence-corrected chi connectivity index (χ2v) is 0.0833. The standard InChI is InChI=1S/Al.ClH.HNO2.2Na.H2O.4H/c;;2-1-3;;;;;;;/h;1H;1H;;;1H2;;;;/q+1;;;;;;;;;/p-1. The zero-order valence-electron chi connectivity index (χ0n) is 3.19. The summed E-state index contributed by atoms with van der Waals surface area (Å²) in [4.78, 5) is 8.12. The van der Waals surface area contributed by atoms with Crippen molar-refractivity contribution in [2.24, 2.45) is 0 Å². The van der Waals surface area contributed by atoms with Crippen molar-refractivity contribution in [2.45, 2.75) is 0 Å². The fourth-order valence-electron chi connectivity index (χ4n) is 0. The van der Waals surface area contributed by atoms with Crippen LogP contribution in [0.1, 0.15) is 0 Å². The minimum atomic E-state index is 0. The van der Waals surface area contributed by atoms with E-state index < -0.39 is 0 Å². The van der Waals surface area contributed by atoms with E-state index in [9.17, 15) is 0 Å². The summed E-state index contributed by atoms with van der Waals surface area (Å²) >= 11 is 0.778. The summed E-state index contributed by atoms with van der Waals surface area (Å²) in [5.41, 5.74) is 0. The van der Waals surface area contributed by atoms with E-state index in [0.717, 1.165) is 15.4 Å².